The Kier molecular flexibility index (Phi) is 3.41. The van der Waals surface area contributed by atoms with Gasteiger partial charge in [-0.2, -0.15) is 0 Å². The van der Waals surface area contributed by atoms with Gasteiger partial charge < -0.3 is 9.90 Å². The molecule has 0 unspecified atom stereocenters. The molecule has 128 valence electrons. The zero-order chi connectivity index (χ0) is 16.5. The SMILES string of the molecule is C=C1CC[C@H]2[C@@H]3CC[C@@H]4C[C@](C)(O)CC[C@]4(C=O)[C@H]3CC[C@]12C. The van der Waals surface area contributed by atoms with Gasteiger partial charge in [0.25, 0.3) is 0 Å². The van der Waals surface area contributed by atoms with E-state index in [1.165, 1.54) is 44.0 Å². The van der Waals surface area contributed by atoms with Crippen LogP contribution in [0.5, 0.6) is 0 Å². The topological polar surface area (TPSA) is 37.3 Å². The number of carbonyl (C=O) groups is 1. The quantitative estimate of drug-likeness (QED) is 0.570. The first-order valence-corrected chi connectivity index (χ1v) is 9.69. The molecule has 0 bridgehead atoms. The summed E-state index contributed by atoms with van der Waals surface area (Å²) in [5, 5.41) is 10.5. The second kappa shape index (κ2) is 4.94. The Labute approximate surface area is 140 Å². The van der Waals surface area contributed by atoms with Gasteiger partial charge in [0.05, 0.1) is 5.60 Å². The fourth-order valence-corrected chi connectivity index (χ4v) is 7.27. The molecule has 0 radical (unpaired) electrons. The van der Waals surface area contributed by atoms with Crippen molar-refractivity contribution in [2.24, 2.45) is 34.5 Å². The Morgan fingerprint density at radius 3 is 2.61 bits per heavy atom. The first-order valence-electron chi connectivity index (χ1n) is 9.69. The molecule has 4 saturated carbocycles. The Morgan fingerprint density at radius 2 is 1.87 bits per heavy atom. The molecule has 0 amide bonds. The maximum absolute atomic E-state index is 12.3. The van der Waals surface area contributed by atoms with Crippen molar-refractivity contribution in [2.45, 2.75) is 77.2 Å². The van der Waals surface area contributed by atoms with E-state index in [-0.39, 0.29) is 5.41 Å². The van der Waals surface area contributed by atoms with Crippen molar-refractivity contribution in [1.29, 1.82) is 0 Å². The van der Waals surface area contributed by atoms with E-state index in [0.29, 0.717) is 23.2 Å². The van der Waals surface area contributed by atoms with Crippen LogP contribution in [-0.2, 0) is 4.79 Å². The number of hydrogen-bond donors (Lipinski definition) is 1. The fourth-order valence-electron chi connectivity index (χ4n) is 7.27. The molecule has 0 aliphatic heterocycles. The van der Waals surface area contributed by atoms with Crippen LogP contribution in [0.1, 0.15) is 71.6 Å². The predicted molar refractivity (Wildman–Crippen MR) is 91.9 cm³/mol. The van der Waals surface area contributed by atoms with Crippen LogP contribution in [0.15, 0.2) is 12.2 Å². The maximum Gasteiger partial charge on any atom is 0.126 e. The summed E-state index contributed by atoms with van der Waals surface area (Å²) < 4.78 is 0. The van der Waals surface area contributed by atoms with Crippen molar-refractivity contribution in [2.75, 3.05) is 0 Å². The lowest BCUT2D eigenvalue weighted by atomic mass is 9.44. The van der Waals surface area contributed by atoms with Gasteiger partial charge in [-0.15, -0.1) is 0 Å². The van der Waals surface area contributed by atoms with Gasteiger partial charge in [0.15, 0.2) is 0 Å². The largest absolute Gasteiger partial charge is 0.390 e. The van der Waals surface area contributed by atoms with Crippen LogP contribution >= 0.6 is 0 Å². The van der Waals surface area contributed by atoms with Crippen LogP contribution < -0.4 is 0 Å². The number of fused-ring (bicyclic) bond motifs is 5. The van der Waals surface area contributed by atoms with Gasteiger partial charge >= 0.3 is 0 Å². The van der Waals surface area contributed by atoms with Crippen molar-refractivity contribution in [3.05, 3.63) is 12.2 Å². The fraction of sp³-hybridized carbons (Fsp3) is 0.857. The molecule has 23 heavy (non-hydrogen) atoms. The maximum atomic E-state index is 12.3. The minimum atomic E-state index is -0.561. The van der Waals surface area contributed by atoms with Gasteiger partial charge in [-0.25, -0.2) is 0 Å². The van der Waals surface area contributed by atoms with Crippen LogP contribution in [0.2, 0.25) is 0 Å². The van der Waals surface area contributed by atoms with E-state index in [2.05, 4.69) is 13.5 Å². The molecule has 4 fully saturated rings. The lowest BCUT2D eigenvalue weighted by molar-refractivity contribution is -0.159. The average Bonchev–Trinajstić information content (AvgIpc) is 2.82. The lowest BCUT2D eigenvalue weighted by Crippen LogP contribution is -2.57. The summed E-state index contributed by atoms with van der Waals surface area (Å²) in [7, 11) is 0. The van der Waals surface area contributed by atoms with E-state index in [4.69, 9.17) is 0 Å². The van der Waals surface area contributed by atoms with Gasteiger partial charge in [-0.1, -0.05) is 19.1 Å². The molecule has 2 nitrogen and oxygen atoms in total. The molecule has 1 N–H and O–H groups in total. The summed E-state index contributed by atoms with van der Waals surface area (Å²) in [6.45, 7) is 8.79. The molecule has 4 aliphatic rings. The number of carbonyl (C=O) groups excluding carboxylic acids is 1. The Balaban J connectivity index is 1.67. The van der Waals surface area contributed by atoms with Gasteiger partial charge in [0.1, 0.15) is 6.29 Å². The molecule has 0 aromatic carbocycles. The molecule has 0 heterocycles. The highest BCUT2D eigenvalue weighted by molar-refractivity contribution is 5.62. The van der Waals surface area contributed by atoms with Crippen molar-refractivity contribution in [3.63, 3.8) is 0 Å². The third-order valence-corrected chi connectivity index (χ3v) is 8.69. The lowest BCUT2D eigenvalue weighted by Gasteiger charge is -2.60. The summed E-state index contributed by atoms with van der Waals surface area (Å²) in [4.78, 5) is 12.3. The Morgan fingerprint density at radius 1 is 1.09 bits per heavy atom. The number of allylic oxidation sites excluding steroid dienone is 1. The van der Waals surface area contributed by atoms with Crippen molar-refractivity contribution >= 4 is 6.29 Å². The van der Waals surface area contributed by atoms with Crippen LogP contribution in [0.25, 0.3) is 0 Å². The van der Waals surface area contributed by atoms with Gasteiger partial charge in [0, 0.05) is 5.41 Å². The van der Waals surface area contributed by atoms with Gasteiger partial charge in [0.2, 0.25) is 0 Å². The first kappa shape index (κ1) is 15.9. The molecular formula is C21H32O2. The Bertz CT molecular complexity index is 536. The van der Waals surface area contributed by atoms with E-state index >= 15 is 0 Å². The van der Waals surface area contributed by atoms with E-state index in [9.17, 15) is 9.90 Å². The van der Waals surface area contributed by atoms with E-state index < -0.39 is 5.60 Å². The predicted octanol–water partition coefficient (Wildman–Crippen LogP) is 4.52. The molecule has 0 aromatic heterocycles. The molecule has 0 aromatic rings. The summed E-state index contributed by atoms with van der Waals surface area (Å²) in [5.74, 6) is 2.41. The highest BCUT2D eigenvalue weighted by Gasteiger charge is 2.61. The number of rotatable bonds is 1. The molecule has 0 saturated heterocycles. The summed E-state index contributed by atoms with van der Waals surface area (Å²) in [6, 6.07) is 0. The minimum Gasteiger partial charge on any atom is -0.390 e. The third-order valence-electron chi connectivity index (χ3n) is 8.69. The van der Waals surface area contributed by atoms with Gasteiger partial charge in [-0.3, -0.25) is 0 Å². The number of aliphatic hydroxyl groups is 1. The van der Waals surface area contributed by atoms with E-state index in [0.717, 1.165) is 31.6 Å². The molecular weight excluding hydrogens is 284 g/mol. The van der Waals surface area contributed by atoms with Crippen LogP contribution in [0.4, 0.5) is 0 Å². The van der Waals surface area contributed by atoms with Crippen molar-refractivity contribution in [1.82, 2.24) is 0 Å². The highest BCUT2D eigenvalue weighted by atomic mass is 16.3. The van der Waals surface area contributed by atoms with Gasteiger partial charge in [-0.05, 0) is 93.8 Å². The molecule has 7 atom stereocenters. The average molecular weight is 316 g/mol. The third kappa shape index (κ3) is 2.06. The molecule has 2 heteroatoms. The molecule has 4 aliphatic carbocycles. The zero-order valence-corrected chi connectivity index (χ0v) is 14.8. The second-order valence-corrected chi connectivity index (χ2v) is 9.68. The summed E-state index contributed by atoms with van der Waals surface area (Å²) in [6.07, 6.45) is 11.1. The smallest absolute Gasteiger partial charge is 0.126 e. The second-order valence-electron chi connectivity index (χ2n) is 9.68. The van der Waals surface area contributed by atoms with Crippen molar-refractivity contribution < 1.29 is 9.90 Å². The first-order chi connectivity index (χ1) is 10.8. The summed E-state index contributed by atoms with van der Waals surface area (Å²) in [5.41, 5.74) is 1.10. The standard InChI is InChI=1S/C21H32O2/c1-14-4-7-17-16-6-5-15-12-19(2,23)10-11-21(15,13-22)18(16)8-9-20(14,17)3/h13,15-18,23H,1,4-12H2,2-3H3/t15-,16+,17+,18+,19-,20-,21-/m1/s1. The number of hydrogen-bond acceptors (Lipinski definition) is 2. The summed E-state index contributed by atoms with van der Waals surface area (Å²) >= 11 is 0. The zero-order valence-electron chi connectivity index (χ0n) is 14.8. The van der Waals surface area contributed by atoms with Crippen LogP contribution in [-0.4, -0.2) is 17.0 Å². The highest BCUT2D eigenvalue weighted by Crippen LogP contribution is 2.67. The van der Waals surface area contributed by atoms with E-state index in [1.54, 1.807) is 0 Å². The Hall–Kier alpha value is -0.630. The normalized spacial score (nSPS) is 55.7. The molecule has 0 spiro atoms. The monoisotopic (exact) mass is 316 g/mol. The minimum absolute atomic E-state index is 0.142. The van der Waals surface area contributed by atoms with Crippen LogP contribution in [0, 0.1) is 34.5 Å². The number of aldehydes is 1. The van der Waals surface area contributed by atoms with Crippen LogP contribution in [0.3, 0.4) is 0 Å². The van der Waals surface area contributed by atoms with Crippen molar-refractivity contribution in [3.8, 4) is 0 Å². The molecule has 4 rings (SSSR count). The van der Waals surface area contributed by atoms with E-state index in [1.807, 2.05) is 6.92 Å².